The zero-order chi connectivity index (χ0) is 18.8. The first-order valence-corrected chi connectivity index (χ1v) is 9.06. The third kappa shape index (κ3) is 3.75. The van der Waals surface area contributed by atoms with Crippen molar-refractivity contribution in [3.63, 3.8) is 0 Å². The van der Waals surface area contributed by atoms with E-state index in [2.05, 4.69) is 20.8 Å². The minimum atomic E-state index is -0.101. The number of nitrogens with zero attached hydrogens (tertiary/aromatic N) is 4. The maximum absolute atomic E-state index is 13.2. The first kappa shape index (κ1) is 17.8. The van der Waals surface area contributed by atoms with Crippen molar-refractivity contribution in [3.05, 3.63) is 64.8 Å². The van der Waals surface area contributed by atoms with Gasteiger partial charge in [0.05, 0.1) is 29.5 Å². The zero-order valence-corrected chi connectivity index (χ0v) is 15.6. The van der Waals surface area contributed by atoms with Crippen molar-refractivity contribution in [2.45, 2.75) is 12.5 Å². The van der Waals surface area contributed by atoms with Crippen LogP contribution in [0, 0.1) is 0 Å². The van der Waals surface area contributed by atoms with Gasteiger partial charge in [-0.1, -0.05) is 11.6 Å². The number of hydrogen-bond acceptors (Lipinski definition) is 6. The van der Waals surface area contributed by atoms with E-state index in [9.17, 15) is 4.79 Å². The number of benzene rings is 1. The van der Waals surface area contributed by atoms with Crippen molar-refractivity contribution in [2.75, 3.05) is 20.1 Å². The summed E-state index contributed by atoms with van der Waals surface area (Å²) in [5.74, 6) is 0.109. The Bertz CT molecular complexity index is 975. The smallest absolute Gasteiger partial charge is 0.254 e. The molecule has 8 heteroatoms. The lowest BCUT2D eigenvalue weighted by Crippen LogP contribution is -2.27. The van der Waals surface area contributed by atoms with Gasteiger partial charge in [0.1, 0.15) is 0 Å². The average molecular weight is 383 g/mol. The molecule has 1 fully saturated rings. The predicted octanol–water partition coefficient (Wildman–Crippen LogP) is 2.14. The summed E-state index contributed by atoms with van der Waals surface area (Å²) in [6.07, 6.45) is 4.89. The Hall–Kier alpha value is -2.61. The molecule has 3 heterocycles. The molecule has 0 spiro atoms. The predicted molar refractivity (Wildman–Crippen MR) is 103 cm³/mol. The lowest BCUT2D eigenvalue weighted by Gasteiger charge is -2.19. The van der Waals surface area contributed by atoms with Crippen molar-refractivity contribution < 1.29 is 4.79 Å². The van der Waals surface area contributed by atoms with Crippen LogP contribution in [0.25, 0.3) is 10.9 Å². The summed E-state index contributed by atoms with van der Waals surface area (Å²) in [5, 5.41) is 1.33. The van der Waals surface area contributed by atoms with E-state index in [1.54, 1.807) is 42.7 Å². The van der Waals surface area contributed by atoms with Gasteiger partial charge in [0.2, 0.25) is 0 Å². The SMILES string of the molecule is CN(Cc1cnccn1)C(=O)c1cc(C2CNNC2)nc2ccc(Cl)cc12. The standard InChI is InChI=1S/C19H19ClN6O/c1-26(11-14-10-21-4-5-22-14)19(27)16-7-18(12-8-23-24-9-12)25-17-3-2-13(20)6-15(16)17/h2-7,10,12,23-24H,8-9,11H2,1H3. The summed E-state index contributed by atoms with van der Waals surface area (Å²) in [4.78, 5) is 27.9. The molecule has 2 N–H and O–H groups in total. The first-order chi connectivity index (χ1) is 13.1. The van der Waals surface area contributed by atoms with Gasteiger partial charge in [0.25, 0.3) is 5.91 Å². The number of hydrogen-bond donors (Lipinski definition) is 2. The van der Waals surface area contributed by atoms with Crippen LogP contribution in [0.2, 0.25) is 5.02 Å². The van der Waals surface area contributed by atoms with Gasteiger partial charge in [0.15, 0.2) is 0 Å². The number of carbonyl (C=O) groups is 1. The van der Waals surface area contributed by atoms with Crippen LogP contribution >= 0.6 is 11.6 Å². The fourth-order valence-corrected chi connectivity index (χ4v) is 3.38. The molecule has 0 atom stereocenters. The summed E-state index contributed by atoms with van der Waals surface area (Å²) in [6, 6.07) is 7.33. The zero-order valence-electron chi connectivity index (χ0n) is 14.8. The number of aromatic nitrogens is 3. The monoisotopic (exact) mass is 382 g/mol. The van der Waals surface area contributed by atoms with Crippen LogP contribution in [0.4, 0.5) is 0 Å². The largest absolute Gasteiger partial charge is 0.336 e. The Morgan fingerprint density at radius 3 is 2.81 bits per heavy atom. The number of carbonyl (C=O) groups excluding carboxylic acids is 1. The Morgan fingerprint density at radius 1 is 1.26 bits per heavy atom. The molecule has 1 amide bonds. The van der Waals surface area contributed by atoms with Crippen molar-refractivity contribution in [1.82, 2.24) is 30.7 Å². The number of hydrazine groups is 1. The quantitative estimate of drug-likeness (QED) is 0.719. The van der Waals surface area contributed by atoms with Crippen LogP contribution in [-0.2, 0) is 6.54 Å². The number of nitrogens with one attached hydrogen (secondary N) is 2. The van der Waals surface area contributed by atoms with E-state index in [0.29, 0.717) is 17.1 Å². The topological polar surface area (TPSA) is 83.0 Å². The van der Waals surface area contributed by atoms with Crippen LogP contribution in [0.15, 0.2) is 42.9 Å². The molecule has 1 saturated heterocycles. The van der Waals surface area contributed by atoms with E-state index in [0.717, 1.165) is 35.4 Å². The minimum absolute atomic E-state index is 0.101. The molecule has 1 aromatic carbocycles. The summed E-state index contributed by atoms with van der Waals surface area (Å²) in [5.41, 5.74) is 9.20. The maximum Gasteiger partial charge on any atom is 0.254 e. The minimum Gasteiger partial charge on any atom is -0.336 e. The van der Waals surface area contributed by atoms with Crippen molar-refractivity contribution in [2.24, 2.45) is 0 Å². The van der Waals surface area contributed by atoms with Gasteiger partial charge >= 0.3 is 0 Å². The molecular formula is C19H19ClN6O. The lowest BCUT2D eigenvalue weighted by molar-refractivity contribution is 0.0785. The van der Waals surface area contributed by atoms with E-state index in [-0.39, 0.29) is 11.8 Å². The van der Waals surface area contributed by atoms with Crippen molar-refractivity contribution in [3.8, 4) is 0 Å². The van der Waals surface area contributed by atoms with Gasteiger partial charge in [-0.3, -0.25) is 30.6 Å². The van der Waals surface area contributed by atoms with E-state index in [4.69, 9.17) is 16.6 Å². The average Bonchev–Trinajstić information content (AvgIpc) is 3.22. The molecule has 4 rings (SSSR count). The third-order valence-corrected chi connectivity index (χ3v) is 4.86. The number of pyridine rings is 1. The second-order valence-electron chi connectivity index (χ2n) is 6.57. The first-order valence-electron chi connectivity index (χ1n) is 8.68. The molecule has 3 aromatic rings. The highest BCUT2D eigenvalue weighted by molar-refractivity contribution is 6.31. The molecular weight excluding hydrogens is 364 g/mol. The van der Waals surface area contributed by atoms with Gasteiger partial charge in [0, 0.05) is 54.6 Å². The Kier molecular flexibility index (Phi) is 4.98. The normalized spacial score (nSPS) is 14.6. The van der Waals surface area contributed by atoms with Crippen LogP contribution in [-0.4, -0.2) is 45.9 Å². The van der Waals surface area contributed by atoms with E-state index < -0.39 is 0 Å². The van der Waals surface area contributed by atoms with Crippen LogP contribution in [0.5, 0.6) is 0 Å². The molecule has 0 unspecified atom stereocenters. The Labute approximate surface area is 161 Å². The van der Waals surface area contributed by atoms with Gasteiger partial charge < -0.3 is 4.90 Å². The second kappa shape index (κ2) is 7.56. The second-order valence-corrected chi connectivity index (χ2v) is 7.01. The van der Waals surface area contributed by atoms with Gasteiger partial charge in [-0.15, -0.1) is 0 Å². The third-order valence-electron chi connectivity index (χ3n) is 4.62. The Balaban J connectivity index is 1.73. The maximum atomic E-state index is 13.2. The van der Waals surface area contributed by atoms with Gasteiger partial charge in [-0.25, -0.2) is 0 Å². The fourth-order valence-electron chi connectivity index (χ4n) is 3.21. The van der Waals surface area contributed by atoms with E-state index in [1.807, 2.05) is 12.1 Å². The number of fused-ring (bicyclic) bond motifs is 1. The number of rotatable bonds is 4. The molecule has 2 aromatic heterocycles. The number of halogens is 1. The molecule has 0 bridgehead atoms. The highest BCUT2D eigenvalue weighted by Gasteiger charge is 2.23. The summed E-state index contributed by atoms with van der Waals surface area (Å²) in [7, 11) is 1.76. The molecule has 0 radical (unpaired) electrons. The molecule has 0 aliphatic carbocycles. The van der Waals surface area contributed by atoms with E-state index >= 15 is 0 Å². The summed E-state index contributed by atoms with van der Waals surface area (Å²) < 4.78 is 0. The number of amides is 1. The van der Waals surface area contributed by atoms with Gasteiger partial charge in [-0.2, -0.15) is 0 Å². The molecule has 0 saturated carbocycles. The molecule has 1 aliphatic heterocycles. The summed E-state index contributed by atoms with van der Waals surface area (Å²) >= 11 is 6.18. The highest BCUT2D eigenvalue weighted by Crippen LogP contribution is 2.27. The van der Waals surface area contributed by atoms with Crippen LogP contribution in [0.3, 0.4) is 0 Å². The van der Waals surface area contributed by atoms with Crippen LogP contribution < -0.4 is 10.9 Å². The van der Waals surface area contributed by atoms with Crippen molar-refractivity contribution in [1.29, 1.82) is 0 Å². The molecule has 1 aliphatic rings. The molecule has 7 nitrogen and oxygen atoms in total. The van der Waals surface area contributed by atoms with Gasteiger partial charge in [-0.05, 0) is 24.3 Å². The highest BCUT2D eigenvalue weighted by atomic mass is 35.5. The lowest BCUT2D eigenvalue weighted by atomic mass is 10.00. The van der Waals surface area contributed by atoms with Crippen LogP contribution in [0.1, 0.15) is 27.7 Å². The van der Waals surface area contributed by atoms with Crippen molar-refractivity contribution >= 4 is 28.4 Å². The Morgan fingerprint density at radius 2 is 2.07 bits per heavy atom. The fraction of sp³-hybridized carbons (Fsp3) is 0.263. The molecule has 27 heavy (non-hydrogen) atoms. The molecule has 138 valence electrons. The summed E-state index contributed by atoms with van der Waals surface area (Å²) in [6.45, 7) is 1.92. The van der Waals surface area contributed by atoms with E-state index in [1.165, 1.54) is 0 Å².